The maximum Gasteiger partial charge on any atom is 0.191 e. The van der Waals surface area contributed by atoms with Crippen LogP contribution in [0.4, 0.5) is 0 Å². The van der Waals surface area contributed by atoms with Crippen LogP contribution in [0.1, 0.15) is 36.4 Å². The number of aromatic nitrogens is 1. The lowest BCUT2D eigenvalue weighted by Crippen LogP contribution is -2.36. The number of guanidine groups is 1. The van der Waals surface area contributed by atoms with E-state index in [2.05, 4.69) is 34.6 Å². The zero-order valence-corrected chi connectivity index (χ0v) is 17.5. The molecule has 0 spiro atoms. The summed E-state index contributed by atoms with van der Waals surface area (Å²) in [6.45, 7) is 5.18. The van der Waals surface area contributed by atoms with Crippen molar-refractivity contribution in [3.05, 3.63) is 34.7 Å². The van der Waals surface area contributed by atoms with Gasteiger partial charge in [0.2, 0.25) is 0 Å². The van der Waals surface area contributed by atoms with Crippen LogP contribution in [0, 0.1) is 0 Å². The summed E-state index contributed by atoms with van der Waals surface area (Å²) in [6.07, 6.45) is 1.63. The molecule has 0 aliphatic rings. The van der Waals surface area contributed by atoms with E-state index in [1.807, 2.05) is 12.1 Å². The predicted octanol–water partition coefficient (Wildman–Crippen LogP) is 2.69. The van der Waals surface area contributed by atoms with Crippen LogP contribution in [-0.2, 0) is 25.9 Å². The average molecular weight is 390 g/mol. The van der Waals surface area contributed by atoms with E-state index >= 15 is 0 Å². The van der Waals surface area contributed by atoms with E-state index in [0.717, 1.165) is 35.4 Å². The molecule has 1 aromatic carbocycles. The second-order valence-corrected chi connectivity index (χ2v) is 6.03. The van der Waals surface area contributed by atoms with Gasteiger partial charge in [-0.05, 0) is 6.42 Å². The van der Waals surface area contributed by atoms with Crippen molar-refractivity contribution in [1.82, 2.24) is 15.8 Å². The normalized spacial score (nSPS) is 11.3. The number of benzene rings is 1. The number of hydrogen-bond acceptors (Lipinski definition) is 6. The lowest BCUT2D eigenvalue weighted by molar-refractivity contribution is 0.368. The molecule has 0 atom stereocenters. The summed E-state index contributed by atoms with van der Waals surface area (Å²) < 4.78 is 21.7. The fraction of sp³-hybridized carbons (Fsp3) is 0.500. The van der Waals surface area contributed by atoms with Gasteiger partial charge in [0.25, 0.3) is 0 Å². The smallest absolute Gasteiger partial charge is 0.191 e. The predicted molar refractivity (Wildman–Crippen MR) is 108 cm³/mol. The molecule has 1 heterocycles. The summed E-state index contributed by atoms with van der Waals surface area (Å²) in [4.78, 5) is 4.30. The first-order chi connectivity index (χ1) is 13.6. The Labute approximate surface area is 166 Å². The number of ether oxygens (including phenoxy) is 3. The Bertz CT molecular complexity index is 755. The molecule has 28 heavy (non-hydrogen) atoms. The van der Waals surface area contributed by atoms with Crippen molar-refractivity contribution in [2.45, 2.75) is 39.8 Å². The molecule has 8 heteroatoms. The number of nitrogens with zero attached hydrogens (tertiary/aromatic N) is 2. The lowest BCUT2D eigenvalue weighted by Gasteiger charge is -2.17. The van der Waals surface area contributed by atoms with Crippen LogP contribution in [0.5, 0.6) is 17.2 Å². The van der Waals surface area contributed by atoms with E-state index in [1.165, 1.54) is 0 Å². The molecular formula is C20H30N4O4. The zero-order valence-electron chi connectivity index (χ0n) is 17.5. The molecular weight excluding hydrogens is 360 g/mol. The van der Waals surface area contributed by atoms with Crippen molar-refractivity contribution in [2.75, 3.05) is 28.4 Å². The van der Waals surface area contributed by atoms with Gasteiger partial charge in [-0.2, -0.15) is 0 Å². The number of aliphatic imine (C=N–C) groups is 1. The van der Waals surface area contributed by atoms with Crippen LogP contribution < -0.4 is 24.8 Å². The molecule has 0 saturated carbocycles. The van der Waals surface area contributed by atoms with E-state index in [4.69, 9.17) is 18.7 Å². The summed E-state index contributed by atoms with van der Waals surface area (Å²) >= 11 is 0. The second-order valence-electron chi connectivity index (χ2n) is 6.03. The van der Waals surface area contributed by atoms with E-state index in [1.54, 1.807) is 28.4 Å². The molecule has 0 aliphatic carbocycles. The van der Waals surface area contributed by atoms with Crippen LogP contribution in [0.25, 0.3) is 0 Å². The van der Waals surface area contributed by atoms with Gasteiger partial charge in [0.1, 0.15) is 23.0 Å². The summed E-state index contributed by atoms with van der Waals surface area (Å²) in [5, 5.41) is 10.8. The van der Waals surface area contributed by atoms with Crippen molar-refractivity contribution in [1.29, 1.82) is 0 Å². The number of hydrogen-bond donors (Lipinski definition) is 2. The SMILES string of the molecule is CCc1noc(CC)c1CNC(=NC)NCc1c(OC)cc(OC)cc1OC. The van der Waals surface area contributed by atoms with Crippen molar-refractivity contribution in [2.24, 2.45) is 4.99 Å². The molecule has 0 amide bonds. The minimum absolute atomic E-state index is 0.473. The molecule has 8 nitrogen and oxygen atoms in total. The molecule has 0 aliphatic heterocycles. The molecule has 1 aromatic heterocycles. The van der Waals surface area contributed by atoms with Crippen molar-refractivity contribution >= 4 is 5.96 Å². The molecule has 2 N–H and O–H groups in total. The number of rotatable bonds is 9. The van der Waals surface area contributed by atoms with Crippen molar-refractivity contribution in [3.63, 3.8) is 0 Å². The van der Waals surface area contributed by atoms with Gasteiger partial charge < -0.3 is 29.4 Å². The molecule has 2 aromatic rings. The van der Waals surface area contributed by atoms with Gasteiger partial charge in [-0.1, -0.05) is 19.0 Å². The Hall–Kier alpha value is -2.90. The largest absolute Gasteiger partial charge is 0.496 e. The number of aryl methyl sites for hydroxylation is 2. The highest BCUT2D eigenvalue weighted by molar-refractivity contribution is 5.79. The fourth-order valence-electron chi connectivity index (χ4n) is 2.95. The molecule has 2 rings (SSSR count). The first-order valence-corrected chi connectivity index (χ1v) is 9.31. The molecule has 0 bridgehead atoms. The second kappa shape index (κ2) is 10.4. The van der Waals surface area contributed by atoms with Gasteiger partial charge in [-0.3, -0.25) is 4.99 Å². The highest BCUT2D eigenvalue weighted by Crippen LogP contribution is 2.33. The highest BCUT2D eigenvalue weighted by atomic mass is 16.5. The lowest BCUT2D eigenvalue weighted by atomic mass is 10.1. The van der Waals surface area contributed by atoms with Crippen molar-refractivity contribution < 1.29 is 18.7 Å². The van der Waals surface area contributed by atoms with E-state index in [9.17, 15) is 0 Å². The number of nitrogens with one attached hydrogen (secondary N) is 2. The first kappa shape index (κ1) is 21.4. The van der Waals surface area contributed by atoms with Gasteiger partial charge in [0.15, 0.2) is 5.96 Å². The Morgan fingerprint density at radius 1 is 0.964 bits per heavy atom. The molecule has 0 radical (unpaired) electrons. The van der Waals surface area contributed by atoms with E-state index in [-0.39, 0.29) is 0 Å². The third kappa shape index (κ3) is 4.88. The van der Waals surface area contributed by atoms with E-state index < -0.39 is 0 Å². The van der Waals surface area contributed by atoms with Gasteiger partial charge >= 0.3 is 0 Å². The summed E-state index contributed by atoms with van der Waals surface area (Å²) in [7, 11) is 6.58. The fourth-order valence-corrected chi connectivity index (χ4v) is 2.95. The Balaban J connectivity index is 2.10. The maximum atomic E-state index is 5.49. The molecule has 0 unspecified atom stereocenters. The standard InChI is InChI=1S/C20H30N4O4/c1-7-16-14(17(8-2)28-24-16)11-22-20(21-3)23-12-15-18(26-5)9-13(25-4)10-19(15)27-6/h9-10H,7-8,11-12H2,1-6H3,(H2,21,22,23). The van der Waals surface area contributed by atoms with Gasteiger partial charge in [0.05, 0.1) is 39.1 Å². The quantitative estimate of drug-likeness (QED) is 0.502. The van der Waals surface area contributed by atoms with Gasteiger partial charge in [-0.15, -0.1) is 0 Å². The summed E-state index contributed by atoms with van der Waals surface area (Å²) in [5.41, 5.74) is 2.94. The van der Waals surface area contributed by atoms with Crippen LogP contribution >= 0.6 is 0 Å². The molecule has 0 saturated heterocycles. The zero-order chi connectivity index (χ0) is 20.5. The summed E-state index contributed by atoms with van der Waals surface area (Å²) in [5.74, 6) is 3.59. The Morgan fingerprint density at radius 3 is 2.04 bits per heavy atom. The van der Waals surface area contributed by atoms with E-state index in [0.29, 0.717) is 36.3 Å². The molecule has 0 fully saturated rings. The van der Waals surface area contributed by atoms with Crippen LogP contribution in [0.15, 0.2) is 21.6 Å². The Morgan fingerprint density at radius 2 is 1.57 bits per heavy atom. The number of methoxy groups -OCH3 is 3. The maximum absolute atomic E-state index is 5.49. The third-order valence-electron chi connectivity index (χ3n) is 4.51. The Kier molecular flexibility index (Phi) is 7.98. The van der Waals surface area contributed by atoms with Crippen LogP contribution in [-0.4, -0.2) is 39.5 Å². The summed E-state index contributed by atoms with van der Waals surface area (Å²) in [6, 6.07) is 3.65. The van der Waals surface area contributed by atoms with Gasteiger partial charge in [0, 0.05) is 37.7 Å². The highest BCUT2D eigenvalue weighted by Gasteiger charge is 2.16. The first-order valence-electron chi connectivity index (χ1n) is 9.31. The third-order valence-corrected chi connectivity index (χ3v) is 4.51. The molecule has 154 valence electrons. The average Bonchev–Trinajstić information content (AvgIpc) is 3.15. The topological polar surface area (TPSA) is 90.1 Å². The van der Waals surface area contributed by atoms with Crippen LogP contribution in [0.3, 0.4) is 0 Å². The van der Waals surface area contributed by atoms with Crippen LogP contribution in [0.2, 0.25) is 0 Å². The van der Waals surface area contributed by atoms with Crippen molar-refractivity contribution in [3.8, 4) is 17.2 Å². The monoisotopic (exact) mass is 390 g/mol. The minimum atomic E-state index is 0.473. The minimum Gasteiger partial charge on any atom is -0.496 e. The van der Waals surface area contributed by atoms with Gasteiger partial charge in [-0.25, -0.2) is 0 Å².